The van der Waals surface area contributed by atoms with Crippen LogP contribution in [0.4, 0.5) is 0 Å². The summed E-state index contributed by atoms with van der Waals surface area (Å²) >= 11 is 0. The highest BCUT2D eigenvalue weighted by Crippen LogP contribution is 2.20. The molecule has 4 nitrogen and oxygen atoms in total. The third-order valence-electron chi connectivity index (χ3n) is 4.12. The summed E-state index contributed by atoms with van der Waals surface area (Å²) in [7, 11) is 0. The molecule has 0 spiro atoms. The van der Waals surface area contributed by atoms with Gasteiger partial charge in [0, 0.05) is 23.5 Å². The molecule has 5 rings (SSSR count). The number of aromatic amines is 1. The lowest BCUT2D eigenvalue weighted by Gasteiger charge is -1.96. The van der Waals surface area contributed by atoms with Gasteiger partial charge in [0.15, 0.2) is 0 Å². The number of fused-ring (bicyclic) bond motifs is 5. The molecule has 0 saturated carbocycles. The molecule has 1 aromatic rings. The number of allylic oxidation sites excluding steroid dienone is 8. The number of rotatable bonds is 0. The van der Waals surface area contributed by atoms with Gasteiger partial charge < -0.3 is 4.98 Å². The van der Waals surface area contributed by atoms with Crippen LogP contribution >= 0.6 is 0 Å². The van der Waals surface area contributed by atoms with Gasteiger partial charge in [-0.3, -0.25) is 4.99 Å². The van der Waals surface area contributed by atoms with Crippen molar-refractivity contribution in [1.82, 2.24) is 4.98 Å². The molecule has 1 N–H and O–H groups in total. The number of aromatic nitrogens is 1. The predicted molar refractivity (Wildman–Crippen MR) is 98.4 cm³/mol. The zero-order chi connectivity index (χ0) is 15.9. The summed E-state index contributed by atoms with van der Waals surface area (Å²) in [6.07, 6.45) is 19.0. The highest BCUT2D eigenvalue weighted by molar-refractivity contribution is 6.11. The predicted octanol–water partition coefficient (Wildman–Crippen LogP) is 3.71. The summed E-state index contributed by atoms with van der Waals surface area (Å²) in [6.45, 7) is 0. The molecule has 8 bridgehead atoms. The van der Waals surface area contributed by atoms with Gasteiger partial charge in [-0.25, -0.2) is 9.98 Å². The summed E-state index contributed by atoms with van der Waals surface area (Å²) in [4.78, 5) is 17.3. The second kappa shape index (κ2) is 5.13. The van der Waals surface area contributed by atoms with Crippen LogP contribution in [-0.2, 0) is 6.42 Å². The van der Waals surface area contributed by atoms with E-state index in [2.05, 4.69) is 38.2 Å². The Hall–Kier alpha value is -3.27. The lowest BCUT2D eigenvalue weighted by molar-refractivity contribution is 1.17. The van der Waals surface area contributed by atoms with Crippen LogP contribution in [0.3, 0.4) is 0 Å². The molecule has 5 heterocycles. The van der Waals surface area contributed by atoms with Crippen LogP contribution in [-0.4, -0.2) is 22.1 Å². The SMILES string of the molecule is C1=CC2=NC1=Cc1ccc([nH]1)CC1=NC(=CC3=NC(=C2)C=C3)C=C1. The van der Waals surface area contributed by atoms with E-state index in [4.69, 9.17) is 0 Å². The highest BCUT2D eigenvalue weighted by Gasteiger charge is 2.11. The Morgan fingerprint density at radius 2 is 1.33 bits per heavy atom. The van der Waals surface area contributed by atoms with Crippen LogP contribution < -0.4 is 0 Å². The van der Waals surface area contributed by atoms with Gasteiger partial charge in [0.2, 0.25) is 0 Å². The number of hydrogen-bond donors (Lipinski definition) is 1. The van der Waals surface area contributed by atoms with E-state index in [0.29, 0.717) is 0 Å². The van der Waals surface area contributed by atoms with Crippen molar-refractivity contribution in [3.8, 4) is 0 Å². The molecule has 0 unspecified atom stereocenters. The first-order chi connectivity index (χ1) is 11.8. The molecule has 1 aromatic heterocycles. The van der Waals surface area contributed by atoms with Crippen molar-refractivity contribution in [2.24, 2.45) is 15.0 Å². The van der Waals surface area contributed by atoms with Crippen molar-refractivity contribution in [2.45, 2.75) is 6.42 Å². The molecule has 114 valence electrons. The van der Waals surface area contributed by atoms with E-state index in [9.17, 15) is 0 Å². The quantitative estimate of drug-likeness (QED) is 0.759. The zero-order valence-corrected chi connectivity index (χ0v) is 12.9. The van der Waals surface area contributed by atoms with Crippen molar-refractivity contribution in [1.29, 1.82) is 0 Å². The highest BCUT2D eigenvalue weighted by atomic mass is 14.8. The number of nitrogens with zero attached hydrogens (tertiary/aromatic N) is 3. The molecular weight excluding hydrogens is 296 g/mol. The minimum Gasteiger partial charge on any atom is -0.359 e. The third-order valence-corrected chi connectivity index (χ3v) is 4.12. The summed E-state index contributed by atoms with van der Waals surface area (Å²) in [6, 6.07) is 4.18. The van der Waals surface area contributed by atoms with Crippen LogP contribution in [0, 0.1) is 0 Å². The van der Waals surface area contributed by atoms with E-state index < -0.39 is 0 Å². The van der Waals surface area contributed by atoms with Crippen LogP contribution in [0.5, 0.6) is 0 Å². The summed E-state index contributed by atoms with van der Waals surface area (Å²) in [5, 5.41) is 0. The van der Waals surface area contributed by atoms with E-state index >= 15 is 0 Å². The Balaban J connectivity index is 1.63. The second-order valence-corrected chi connectivity index (χ2v) is 6.00. The molecule has 0 amide bonds. The minimum atomic E-state index is 0.787. The van der Waals surface area contributed by atoms with Gasteiger partial charge in [-0.1, -0.05) is 0 Å². The van der Waals surface area contributed by atoms with Gasteiger partial charge in [-0.15, -0.1) is 0 Å². The number of nitrogens with one attached hydrogen (secondary N) is 1. The lowest BCUT2D eigenvalue weighted by atomic mass is 10.2. The third kappa shape index (κ3) is 2.48. The molecule has 4 aliphatic heterocycles. The zero-order valence-electron chi connectivity index (χ0n) is 12.9. The summed E-state index contributed by atoms with van der Waals surface area (Å²) in [5.74, 6) is 0. The van der Waals surface area contributed by atoms with Gasteiger partial charge in [0.25, 0.3) is 0 Å². The van der Waals surface area contributed by atoms with E-state index in [1.54, 1.807) is 0 Å². The normalized spacial score (nSPS) is 20.5. The summed E-state index contributed by atoms with van der Waals surface area (Å²) in [5.41, 5.74) is 7.86. The van der Waals surface area contributed by atoms with Crippen LogP contribution in [0.15, 0.2) is 92.8 Å². The molecule has 0 saturated heterocycles. The van der Waals surface area contributed by atoms with Crippen molar-refractivity contribution < 1.29 is 0 Å². The first-order valence-electron chi connectivity index (χ1n) is 7.92. The van der Waals surface area contributed by atoms with Gasteiger partial charge in [0.1, 0.15) is 0 Å². The molecule has 4 heteroatoms. The molecule has 0 atom stereocenters. The molecule has 0 radical (unpaired) electrons. The maximum Gasteiger partial charge on any atom is 0.0659 e. The fourth-order valence-corrected chi connectivity index (χ4v) is 3.01. The number of H-pyrrole nitrogens is 1. The van der Waals surface area contributed by atoms with Crippen molar-refractivity contribution in [3.05, 3.63) is 89.2 Å². The van der Waals surface area contributed by atoms with Gasteiger partial charge in [-0.05, 0) is 66.8 Å². The molecule has 0 aliphatic carbocycles. The molecule has 0 aromatic carbocycles. The lowest BCUT2D eigenvalue weighted by Crippen LogP contribution is -1.97. The minimum absolute atomic E-state index is 0.787. The van der Waals surface area contributed by atoms with Crippen molar-refractivity contribution in [2.75, 3.05) is 0 Å². The maximum atomic E-state index is 4.67. The molecule has 0 fully saturated rings. The molecule has 24 heavy (non-hydrogen) atoms. The summed E-state index contributed by atoms with van der Waals surface area (Å²) < 4.78 is 0. The number of aliphatic imine (C=N–C) groups is 3. The fourth-order valence-electron chi connectivity index (χ4n) is 3.01. The van der Waals surface area contributed by atoms with Crippen LogP contribution in [0.1, 0.15) is 11.4 Å². The first-order valence-corrected chi connectivity index (χ1v) is 7.92. The Bertz CT molecular complexity index is 1010. The van der Waals surface area contributed by atoms with E-state index in [1.165, 1.54) is 0 Å². The second-order valence-electron chi connectivity index (χ2n) is 6.00. The fraction of sp³-hybridized carbons (Fsp3) is 0.0500. The van der Waals surface area contributed by atoms with Gasteiger partial charge in [0.05, 0.1) is 28.5 Å². The Kier molecular flexibility index (Phi) is 2.82. The van der Waals surface area contributed by atoms with Crippen LogP contribution in [0.25, 0.3) is 6.08 Å². The van der Waals surface area contributed by atoms with E-state index in [1.807, 2.05) is 48.6 Å². The Morgan fingerprint density at radius 1 is 0.667 bits per heavy atom. The Labute approximate surface area is 139 Å². The van der Waals surface area contributed by atoms with Crippen LogP contribution in [0.2, 0.25) is 0 Å². The topological polar surface area (TPSA) is 52.9 Å². The molecule has 4 aliphatic rings. The molecular formula is C20H14N4. The smallest absolute Gasteiger partial charge is 0.0659 e. The van der Waals surface area contributed by atoms with Gasteiger partial charge >= 0.3 is 0 Å². The number of hydrogen-bond acceptors (Lipinski definition) is 3. The first kappa shape index (κ1) is 13.2. The largest absolute Gasteiger partial charge is 0.359 e. The van der Waals surface area contributed by atoms with E-state index in [0.717, 1.165) is 52.0 Å². The average Bonchev–Trinajstić information content (AvgIpc) is 3.32. The Morgan fingerprint density at radius 3 is 2.12 bits per heavy atom. The van der Waals surface area contributed by atoms with Crippen molar-refractivity contribution in [3.63, 3.8) is 0 Å². The van der Waals surface area contributed by atoms with Gasteiger partial charge in [-0.2, -0.15) is 0 Å². The maximum absolute atomic E-state index is 4.67. The standard InChI is InChI=1S/C20H14N4/c1-2-14-10-16-5-6-18(23-16)12-20-8-7-19(24-20)11-17-4-3-15(22-17)9-13(1)21-14/h1-11,23H,12H2. The average molecular weight is 310 g/mol. The van der Waals surface area contributed by atoms with E-state index in [-0.39, 0.29) is 0 Å². The van der Waals surface area contributed by atoms with Crippen molar-refractivity contribution >= 4 is 23.2 Å². The monoisotopic (exact) mass is 310 g/mol.